The van der Waals surface area contributed by atoms with Crippen molar-refractivity contribution in [3.05, 3.63) is 65.0 Å². The maximum atomic E-state index is 12.7. The summed E-state index contributed by atoms with van der Waals surface area (Å²) in [5, 5.41) is 3.94. The van der Waals surface area contributed by atoms with Crippen LogP contribution in [0.1, 0.15) is 16.9 Å². The minimum absolute atomic E-state index is 0.0573. The van der Waals surface area contributed by atoms with E-state index in [-0.39, 0.29) is 12.0 Å². The van der Waals surface area contributed by atoms with Gasteiger partial charge in [-0.1, -0.05) is 35.5 Å². The fourth-order valence-electron chi connectivity index (χ4n) is 2.92. The molecule has 6 nitrogen and oxygen atoms in total. The van der Waals surface area contributed by atoms with Gasteiger partial charge in [0.2, 0.25) is 0 Å². The molecule has 132 valence electrons. The molecule has 0 bridgehead atoms. The molecule has 26 heavy (non-hydrogen) atoms. The zero-order valence-electron chi connectivity index (χ0n) is 13.8. The first-order valence-electron chi connectivity index (χ1n) is 8.28. The summed E-state index contributed by atoms with van der Waals surface area (Å²) >= 11 is 3.42. The molecule has 1 saturated heterocycles. The Hall–Kier alpha value is -2.67. The number of hydrogen-bond acceptors (Lipinski definition) is 5. The van der Waals surface area contributed by atoms with Crippen molar-refractivity contribution in [3.63, 3.8) is 0 Å². The van der Waals surface area contributed by atoms with Crippen molar-refractivity contribution < 1.29 is 14.1 Å². The second kappa shape index (κ2) is 7.29. The largest absolute Gasteiger partial charge is 0.487 e. The van der Waals surface area contributed by atoms with Crippen LogP contribution in [0.25, 0.3) is 11.3 Å². The van der Waals surface area contributed by atoms with E-state index in [4.69, 9.17) is 9.26 Å². The van der Waals surface area contributed by atoms with Crippen LogP contribution in [-0.4, -0.2) is 40.1 Å². The monoisotopic (exact) mass is 413 g/mol. The second-order valence-electron chi connectivity index (χ2n) is 6.03. The lowest BCUT2D eigenvalue weighted by atomic mass is 10.1. The van der Waals surface area contributed by atoms with Crippen LogP contribution < -0.4 is 4.74 Å². The molecule has 3 heterocycles. The molecule has 1 aliphatic heterocycles. The van der Waals surface area contributed by atoms with E-state index in [1.165, 1.54) is 0 Å². The van der Waals surface area contributed by atoms with Crippen LogP contribution in [0.5, 0.6) is 5.75 Å². The Morgan fingerprint density at radius 3 is 2.92 bits per heavy atom. The normalized spacial score (nSPS) is 16.7. The van der Waals surface area contributed by atoms with Gasteiger partial charge in [0, 0.05) is 37.0 Å². The van der Waals surface area contributed by atoms with Crippen LogP contribution in [0, 0.1) is 0 Å². The van der Waals surface area contributed by atoms with Crippen LogP contribution in [0.4, 0.5) is 0 Å². The average molecular weight is 414 g/mol. The highest BCUT2D eigenvalue weighted by atomic mass is 79.9. The van der Waals surface area contributed by atoms with E-state index in [0.717, 1.165) is 22.2 Å². The molecular formula is C19H16BrN3O3. The van der Waals surface area contributed by atoms with Crippen LogP contribution in [0.3, 0.4) is 0 Å². The molecule has 1 unspecified atom stereocenters. The maximum Gasteiger partial charge on any atom is 0.276 e. The van der Waals surface area contributed by atoms with Gasteiger partial charge in [-0.15, -0.1) is 0 Å². The van der Waals surface area contributed by atoms with E-state index < -0.39 is 0 Å². The van der Waals surface area contributed by atoms with Crippen molar-refractivity contribution in [1.29, 1.82) is 0 Å². The lowest BCUT2D eigenvalue weighted by Gasteiger charge is -2.16. The summed E-state index contributed by atoms with van der Waals surface area (Å²) in [5.41, 5.74) is 1.21. The quantitative estimate of drug-likeness (QED) is 0.650. The molecule has 1 fully saturated rings. The summed E-state index contributed by atoms with van der Waals surface area (Å²) in [5.74, 6) is 1.17. The van der Waals surface area contributed by atoms with Gasteiger partial charge in [-0.25, -0.2) is 0 Å². The van der Waals surface area contributed by atoms with Gasteiger partial charge in [-0.05, 0) is 22.0 Å². The first-order chi connectivity index (χ1) is 12.7. The van der Waals surface area contributed by atoms with Gasteiger partial charge in [0.1, 0.15) is 11.9 Å². The van der Waals surface area contributed by atoms with E-state index in [2.05, 4.69) is 26.1 Å². The number of nitrogens with zero attached hydrogens (tertiary/aromatic N) is 3. The number of ether oxygens (including phenoxy) is 1. The first-order valence-corrected chi connectivity index (χ1v) is 9.07. The fraction of sp³-hybridized carbons (Fsp3) is 0.211. The summed E-state index contributed by atoms with van der Waals surface area (Å²) in [7, 11) is 0. The number of pyridine rings is 1. The van der Waals surface area contributed by atoms with Crippen molar-refractivity contribution in [3.8, 4) is 17.1 Å². The SMILES string of the molecule is O=C(c1cc(-c2ccccc2)on1)N1CCC(Oc2ccncc2Br)C1. The molecular weight excluding hydrogens is 398 g/mol. The van der Waals surface area contributed by atoms with Crippen LogP contribution in [0.2, 0.25) is 0 Å². The van der Waals surface area contributed by atoms with E-state index in [9.17, 15) is 4.79 Å². The molecule has 1 atom stereocenters. The van der Waals surface area contributed by atoms with Crippen molar-refractivity contribution >= 4 is 21.8 Å². The van der Waals surface area contributed by atoms with Crippen LogP contribution in [-0.2, 0) is 0 Å². The predicted molar refractivity (Wildman–Crippen MR) is 98.8 cm³/mol. The van der Waals surface area contributed by atoms with Gasteiger partial charge in [-0.3, -0.25) is 9.78 Å². The van der Waals surface area contributed by atoms with E-state index in [1.54, 1.807) is 29.4 Å². The Morgan fingerprint density at radius 2 is 2.12 bits per heavy atom. The Morgan fingerprint density at radius 1 is 1.27 bits per heavy atom. The molecule has 4 rings (SSSR count). The van der Waals surface area contributed by atoms with Gasteiger partial charge in [0.05, 0.1) is 11.0 Å². The highest BCUT2D eigenvalue weighted by Gasteiger charge is 2.30. The third kappa shape index (κ3) is 3.48. The van der Waals surface area contributed by atoms with Gasteiger partial charge >= 0.3 is 0 Å². The van der Waals surface area contributed by atoms with Gasteiger partial charge < -0.3 is 14.2 Å². The fourth-order valence-corrected chi connectivity index (χ4v) is 3.27. The van der Waals surface area contributed by atoms with Crippen LogP contribution in [0.15, 0.2) is 63.9 Å². The summed E-state index contributed by atoms with van der Waals surface area (Å²) in [6.45, 7) is 1.14. The first kappa shape index (κ1) is 16.8. The van der Waals surface area contributed by atoms with Crippen LogP contribution >= 0.6 is 15.9 Å². The minimum atomic E-state index is -0.143. The number of carbonyl (C=O) groups excluding carboxylic acids is 1. The average Bonchev–Trinajstić information content (AvgIpc) is 3.34. The number of amides is 1. The number of hydrogen-bond donors (Lipinski definition) is 0. The van der Waals surface area contributed by atoms with Gasteiger partial charge in [-0.2, -0.15) is 0 Å². The Bertz CT molecular complexity index is 913. The summed E-state index contributed by atoms with van der Waals surface area (Å²) < 4.78 is 12.1. The van der Waals surface area contributed by atoms with Gasteiger partial charge in [0.15, 0.2) is 11.5 Å². The molecule has 1 aromatic carbocycles. The van der Waals surface area contributed by atoms with Crippen molar-refractivity contribution in [1.82, 2.24) is 15.0 Å². The Labute approximate surface area is 158 Å². The second-order valence-corrected chi connectivity index (χ2v) is 6.88. The zero-order valence-corrected chi connectivity index (χ0v) is 15.4. The van der Waals surface area contributed by atoms with Crippen molar-refractivity contribution in [2.45, 2.75) is 12.5 Å². The molecule has 1 amide bonds. The lowest BCUT2D eigenvalue weighted by Crippen LogP contribution is -2.31. The number of halogens is 1. The van der Waals surface area contributed by atoms with Crippen molar-refractivity contribution in [2.75, 3.05) is 13.1 Å². The van der Waals surface area contributed by atoms with E-state index in [1.807, 2.05) is 30.3 Å². The van der Waals surface area contributed by atoms with E-state index >= 15 is 0 Å². The molecule has 1 aliphatic rings. The summed E-state index contributed by atoms with van der Waals surface area (Å²) in [6, 6.07) is 13.1. The molecule has 0 radical (unpaired) electrons. The topological polar surface area (TPSA) is 68.5 Å². The molecule has 0 spiro atoms. The zero-order chi connectivity index (χ0) is 17.9. The predicted octanol–water partition coefficient (Wildman–Crippen LogP) is 3.79. The van der Waals surface area contributed by atoms with E-state index in [0.29, 0.717) is 24.5 Å². The van der Waals surface area contributed by atoms with Gasteiger partial charge in [0.25, 0.3) is 5.91 Å². The molecule has 0 aliphatic carbocycles. The number of aromatic nitrogens is 2. The third-order valence-electron chi connectivity index (χ3n) is 4.25. The Kier molecular flexibility index (Phi) is 4.71. The highest BCUT2D eigenvalue weighted by molar-refractivity contribution is 9.10. The standard InChI is InChI=1S/C19H16BrN3O3/c20-15-11-21-8-6-17(15)25-14-7-9-23(12-14)19(24)16-10-18(26-22-16)13-4-2-1-3-5-13/h1-6,8,10-11,14H,7,9,12H2. The number of carbonyl (C=O) groups is 1. The Balaban J connectivity index is 1.42. The van der Waals surface area contributed by atoms with Crippen molar-refractivity contribution in [2.24, 2.45) is 0 Å². The molecule has 0 N–H and O–H groups in total. The number of likely N-dealkylation sites (tertiary alicyclic amines) is 1. The number of rotatable bonds is 4. The molecule has 3 aromatic rings. The third-order valence-corrected chi connectivity index (χ3v) is 4.84. The summed E-state index contributed by atoms with van der Waals surface area (Å²) in [4.78, 5) is 18.4. The lowest BCUT2D eigenvalue weighted by molar-refractivity contribution is 0.0762. The number of benzene rings is 1. The highest BCUT2D eigenvalue weighted by Crippen LogP contribution is 2.27. The maximum absolute atomic E-state index is 12.7. The molecule has 7 heteroatoms. The minimum Gasteiger partial charge on any atom is -0.487 e. The molecule has 2 aromatic heterocycles. The summed E-state index contributed by atoms with van der Waals surface area (Å²) in [6.07, 6.45) is 4.08. The molecule has 0 saturated carbocycles. The smallest absolute Gasteiger partial charge is 0.276 e.